The van der Waals surface area contributed by atoms with E-state index in [4.69, 9.17) is 4.74 Å². The Morgan fingerprint density at radius 2 is 2.00 bits per heavy atom. The smallest absolute Gasteiger partial charge is 0.0579 e. The van der Waals surface area contributed by atoms with Gasteiger partial charge in [-0.25, -0.2) is 0 Å². The van der Waals surface area contributed by atoms with E-state index < -0.39 is 0 Å². The van der Waals surface area contributed by atoms with E-state index in [1.54, 1.807) is 0 Å². The number of hydrogen-bond acceptors (Lipinski definition) is 3. The molecule has 0 bridgehead atoms. The summed E-state index contributed by atoms with van der Waals surface area (Å²) >= 11 is 0. The predicted molar refractivity (Wildman–Crippen MR) is 62.3 cm³/mol. The first kappa shape index (κ1) is 11.0. The van der Waals surface area contributed by atoms with Crippen molar-refractivity contribution in [3.05, 3.63) is 0 Å². The Balaban J connectivity index is 1.62. The summed E-state index contributed by atoms with van der Waals surface area (Å²) in [7, 11) is 0. The Hall–Kier alpha value is -0.120. The fraction of sp³-hybridized carbons (Fsp3) is 1.00. The Bertz CT molecular complexity index is 247. The summed E-state index contributed by atoms with van der Waals surface area (Å²) in [5, 5.41) is 9.49. The number of likely N-dealkylation sites (tertiary alicyclic amines) is 1. The van der Waals surface area contributed by atoms with Gasteiger partial charge in [0.25, 0.3) is 0 Å². The summed E-state index contributed by atoms with van der Waals surface area (Å²) in [6.07, 6.45) is 7.04. The first-order valence-corrected chi connectivity index (χ1v) is 6.76. The average molecular weight is 225 g/mol. The summed E-state index contributed by atoms with van der Waals surface area (Å²) in [6.45, 7) is 4.12. The molecule has 0 amide bonds. The van der Waals surface area contributed by atoms with Crippen LogP contribution in [0, 0.1) is 11.3 Å². The molecule has 2 atom stereocenters. The average Bonchev–Trinajstić information content (AvgIpc) is 2.67. The number of hydrogen-bond donors (Lipinski definition) is 1. The third-order valence-corrected chi connectivity index (χ3v) is 4.82. The van der Waals surface area contributed by atoms with Crippen LogP contribution in [0.3, 0.4) is 0 Å². The van der Waals surface area contributed by atoms with Gasteiger partial charge in [0.2, 0.25) is 0 Å². The van der Waals surface area contributed by atoms with Crippen molar-refractivity contribution in [3.8, 4) is 0 Å². The number of fused-ring (bicyclic) bond motifs is 1. The standard InChI is InChI=1S/C13H23NO2/c15-8-13(9-16-10-13)7-14-6-5-11-3-1-2-4-12(11)14/h11-12,15H,1-10H2. The van der Waals surface area contributed by atoms with Crippen molar-refractivity contribution in [2.45, 2.75) is 38.1 Å². The molecule has 0 radical (unpaired) electrons. The Morgan fingerprint density at radius 1 is 1.19 bits per heavy atom. The van der Waals surface area contributed by atoms with Crippen molar-refractivity contribution >= 4 is 0 Å². The Morgan fingerprint density at radius 3 is 2.69 bits per heavy atom. The van der Waals surface area contributed by atoms with Crippen molar-refractivity contribution in [3.63, 3.8) is 0 Å². The summed E-state index contributed by atoms with van der Waals surface area (Å²) in [5.74, 6) is 0.950. The van der Waals surface area contributed by atoms with Gasteiger partial charge in [-0.1, -0.05) is 12.8 Å². The second kappa shape index (κ2) is 4.28. The van der Waals surface area contributed by atoms with Gasteiger partial charge in [-0.05, 0) is 31.7 Å². The van der Waals surface area contributed by atoms with E-state index in [1.165, 1.54) is 38.6 Å². The van der Waals surface area contributed by atoms with Crippen LogP contribution in [0.15, 0.2) is 0 Å². The lowest BCUT2D eigenvalue weighted by molar-refractivity contribution is -0.150. The maximum absolute atomic E-state index is 9.49. The fourth-order valence-electron chi connectivity index (χ4n) is 3.75. The molecule has 3 rings (SSSR count). The molecule has 3 nitrogen and oxygen atoms in total. The van der Waals surface area contributed by atoms with E-state index in [0.717, 1.165) is 31.7 Å². The molecule has 2 unspecified atom stereocenters. The lowest BCUT2D eigenvalue weighted by Crippen LogP contribution is -2.54. The highest BCUT2D eigenvalue weighted by molar-refractivity contribution is 4.95. The van der Waals surface area contributed by atoms with Crippen molar-refractivity contribution in [2.24, 2.45) is 11.3 Å². The largest absolute Gasteiger partial charge is 0.396 e. The van der Waals surface area contributed by atoms with Gasteiger partial charge in [0.1, 0.15) is 0 Å². The normalized spacial score (nSPS) is 38.1. The zero-order valence-electron chi connectivity index (χ0n) is 10.0. The summed E-state index contributed by atoms with van der Waals surface area (Å²) in [6, 6.07) is 0.817. The van der Waals surface area contributed by atoms with Crippen LogP contribution in [0.2, 0.25) is 0 Å². The molecule has 2 saturated heterocycles. The van der Waals surface area contributed by atoms with Gasteiger partial charge in [0.05, 0.1) is 25.2 Å². The first-order valence-electron chi connectivity index (χ1n) is 6.76. The fourth-order valence-corrected chi connectivity index (χ4v) is 3.75. The molecule has 0 aromatic rings. The van der Waals surface area contributed by atoms with Crippen LogP contribution < -0.4 is 0 Å². The van der Waals surface area contributed by atoms with Crippen LogP contribution in [-0.4, -0.2) is 49.0 Å². The van der Waals surface area contributed by atoms with Gasteiger partial charge in [0, 0.05) is 12.6 Å². The summed E-state index contributed by atoms with van der Waals surface area (Å²) in [4.78, 5) is 2.64. The highest BCUT2D eigenvalue weighted by Crippen LogP contribution is 2.39. The van der Waals surface area contributed by atoms with E-state index in [2.05, 4.69) is 4.90 Å². The number of ether oxygens (including phenoxy) is 1. The monoisotopic (exact) mass is 225 g/mol. The molecule has 2 aliphatic heterocycles. The lowest BCUT2D eigenvalue weighted by Gasteiger charge is -2.44. The molecule has 0 aromatic carbocycles. The van der Waals surface area contributed by atoms with Crippen LogP contribution in [0.4, 0.5) is 0 Å². The molecule has 1 N–H and O–H groups in total. The number of rotatable bonds is 3. The summed E-state index contributed by atoms with van der Waals surface area (Å²) < 4.78 is 5.29. The minimum Gasteiger partial charge on any atom is -0.396 e. The molecular weight excluding hydrogens is 202 g/mol. The molecule has 3 aliphatic rings. The van der Waals surface area contributed by atoms with E-state index in [0.29, 0.717) is 6.61 Å². The molecule has 0 aromatic heterocycles. The van der Waals surface area contributed by atoms with Crippen LogP contribution >= 0.6 is 0 Å². The van der Waals surface area contributed by atoms with Gasteiger partial charge < -0.3 is 9.84 Å². The predicted octanol–water partition coefficient (Wildman–Crippen LogP) is 1.26. The molecule has 3 heteroatoms. The second-order valence-corrected chi connectivity index (χ2v) is 6.02. The van der Waals surface area contributed by atoms with Crippen molar-refractivity contribution in [1.29, 1.82) is 0 Å². The third-order valence-electron chi connectivity index (χ3n) is 4.82. The topological polar surface area (TPSA) is 32.7 Å². The second-order valence-electron chi connectivity index (χ2n) is 6.02. The van der Waals surface area contributed by atoms with Crippen molar-refractivity contribution in [1.82, 2.24) is 4.90 Å². The van der Waals surface area contributed by atoms with Crippen molar-refractivity contribution in [2.75, 3.05) is 32.9 Å². The highest BCUT2D eigenvalue weighted by Gasteiger charge is 2.44. The minimum absolute atomic E-state index is 0.0757. The quantitative estimate of drug-likeness (QED) is 0.785. The molecule has 2 heterocycles. The van der Waals surface area contributed by atoms with E-state index >= 15 is 0 Å². The van der Waals surface area contributed by atoms with Gasteiger partial charge in [-0.3, -0.25) is 4.90 Å². The van der Waals surface area contributed by atoms with Crippen LogP contribution in [0.1, 0.15) is 32.1 Å². The van der Waals surface area contributed by atoms with Crippen LogP contribution in [0.25, 0.3) is 0 Å². The van der Waals surface area contributed by atoms with Crippen LogP contribution in [0.5, 0.6) is 0 Å². The molecular formula is C13H23NO2. The molecule has 16 heavy (non-hydrogen) atoms. The Labute approximate surface area is 97.8 Å². The minimum atomic E-state index is 0.0757. The molecule has 1 aliphatic carbocycles. The van der Waals surface area contributed by atoms with E-state index in [9.17, 15) is 5.11 Å². The van der Waals surface area contributed by atoms with Crippen LogP contribution in [-0.2, 0) is 4.74 Å². The van der Waals surface area contributed by atoms with E-state index in [1.807, 2.05) is 0 Å². The third kappa shape index (κ3) is 1.79. The zero-order valence-corrected chi connectivity index (χ0v) is 10.0. The molecule has 92 valence electrons. The van der Waals surface area contributed by atoms with Gasteiger partial charge in [-0.2, -0.15) is 0 Å². The molecule has 3 fully saturated rings. The number of aliphatic hydroxyl groups excluding tert-OH is 1. The van der Waals surface area contributed by atoms with Crippen molar-refractivity contribution < 1.29 is 9.84 Å². The lowest BCUT2D eigenvalue weighted by atomic mass is 9.83. The number of aliphatic hydroxyl groups is 1. The Kier molecular flexibility index (Phi) is 2.94. The van der Waals surface area contributed by atoms with Gasteiger partial charge in [0.15, 0.2) is 0 Å². The summed E-state index contributed by atoms with van der Waals surface area (Å²) in [5.41, 5.74) is 0.0757. The first-order chi connectivity index (χ1) is 7.83. The number of nitrogens with zero attached hydrogens (tertiary/aromatic N) is 1. The highest BCUT2D eigenvalue weighted by atomic mass is 16.5. The molecule has 1 saturated carbocycles. The maximum atomic E-state index is 9.49. The van der Waals surface area contributed by atoms with E-state index in [-0.39, 0.29) is 5.41 Å². The molecule has 0 spiro atoms. The zero-order chi connectivity index (χ0) is 11.0. The maximum Gasteiger partial charge on any atom is 0.0579 e. The van der Waals surface area contributed by atoms with Gasteiger partial charge >= 0.3 is 0 Å². The SMILES string of the molecule is OCC1(CN2CCC3CCCCC32)COC1. The van der Waals surface area contributed by atoms with Gasteiger partial charge in [-0.15, -0.1) is 0 Å².